The molecule has 1 unspecified atom stereocenters. The van der Waals surface area contributed by atoms with Gasteiger partial charge in [0.2, 0.25) is 0 Å². The van der Waals surface area contributed by atoms with Crippen molar-refractivity contribution in [1.29, 1.82) is 0 Å². The van der Waals surface area contributed by atoms with Crippen molar-refractivity contribution >= 4 is 44.8 Å². The molecule has 0 aliphatic carbocycles. The molecule has 0 aliphatic heterocycles. The van der Waals surface area contributed by atoms with E-state index in [9.17, 15) is 4.79 Å². The van der Waals surface area contributed by atoms with Crippen molar-refractivity contribution in [2.24, 2.45) is 0 Å². The smallest absolute Gasteiger partial charge is 0.252 e. The Morgan fingerprint density at radius 1 is 1.36 bits per heavy atom. The van der Waals surface area contributed by atoms with Gasteiger partial charge in [0, 0.05) is 23.0 Å². The Balaban J connectivity index is 2.05. The molecule has 2 rings (SSSR count). The standard InChI is InChI=1S/C15H15BrClNO3S/c1-20-9-3-4-11(16)10(7-9)15(19)18-8-12(21-2)13-5-6-14(17)22-13/h3-7,12H,8H2,1-2H3,(H,18,19). The lowest BCUT2D eigenvalue weighted by atomic mass is 10.2. The van der Waals surface area contributed by atoms with Gasteiger partial charge in [-0.1, -0.05) is 11.6 Å². The summed E-state index contributed by atoms with van der Waals surface area (Å²) in [5, 5.41) is 2.86. The molecule has 0 fully saturated rings. The molecular weight excluding hydrogens is 390 g/mol. The molecule has 4 nitrogen and oxygen atoms in total. The SMILES string of the molecule is COc1ccc(Br)c(C(=O)NCC(OC)c2ccc(Cl)s2)c1. The highest BCUT2D eigenvalue weighted by molar-refractivity contribution is 9.10. The number of nitrogens with one attached hydrogen (secondary N) is 1. The van der Waals surface area contributed by atoms with Gasteiger partial charge in [0.15, 0.2) is 0 Å². The highest BCUT2D eigenvalue weighted by Gasteiger charge is 2.16. The number of thiophene rings is 1. The van der Waals surface area contributed by atoms with Crippen molar-refractivity contribution in [2.45, 2.75) is 6.10 Å². The molecule has 1 atom stereocenters. The minimum Gasteiger partial charge on any atom is -0.497 e. The molecule has 0 saturated carbocycles. The first-order valence-corrected chi connectivity index (χ1v) is 8.43. The third kappa shape index (κ3) is 4.23. The monoisotopic (exact) mass is 403 g/mol. The molecule has 118 valence electrons. The number of hydrogen-bond donors (Lipinski definition) is 1. The van der Waals surface area contributed by atoms with E-state index in [-0.39, 0.29) is 12.0 Å². The summed E-state index contributed by atoms with van der Waals surface area (Å²) in [6.07, 6.45) is -0.231. The maximum atomic E-state index is 12.3. The minimum absolute atomic E-state index is 0.199. The molecule has 0 spiro atoms. The van der Waals surface area contributed by atoms with E-state index in [0.717, 1.165) is 4.88 Å². The van der Waals surface area contributed by atoms with Crippen LogP contribution >= 0.6 is 38.9 Å². The molecule has 0 bridgehead atoms. The zero-order valence-electron chi connectivity index (χ0n) is 12.1. The molecule has 1 aromatic carbocycles. The zero-order valence-corrected chi connectivity index (χ0v) is 15.2. The van der Waals surface area contributed by atoms with E-state index in [1.807, 2.05) is 12.1 Å². The maximum absolute atomic E-state index is 12.3. The molecule has 1 heterocycles. The Hall–Kier alpha value is -1.08. The number of halogens is 2. The van der Waals surface area contributed by atoms with Crippen LogP contribution in [-0.2, 0) is 4.74 Å². The number of methoxy groups -OCH3 is 2. The quantitative estimate of drug-likeness (QED) is 0.781. The van der Waals surface area contributed by atoms with Gasteiger partial charge in [-0.05, 0) is 46.3 Å². The van der Waals surface area contributed by atoms with E-state index in [0.29, 0.717) is 26.7 Å². The molecule has 0 radical (unpaired) electrons. The molecule has 2 aromatic rings. The summed E-state index contributed by atoms with van der Waals surface area (Å²) in [5.41, 5.74) is 0.512. The van der Waals surface area contributed by atoms with Crippen LogP contribution in [-0.4, -0.2) is 26.7 Å². The fourth-order valence-electron chi connectivity index (χ4n) is 1.89. The van der Waals surface area contributed by atoms with Gasteiger partial charge in [-0.25, -0.2) is 0 Å². The molecule has 1 aromatic heterocycles. The van der Waals surface area contributed by atoms with Gasteiger partial charge in [-0.3, -0.25) is 4.79 Å². The summed E-state index contributed by atoms with van der Waals surface area (Å²) in [6.45, 7) is 0.357. The summed E-state index contributed by atoms with van der Waals surface area (Å²) in [6, 6.07) is 8.96. The van der Waals surface area contributed by atoms with E-state index in [1.165, 1.54) is 11.3 Å². The van der Waals surface area contributed by atoms with Crippen molar-refractivity contribution in [2.75, 3.05) is 20.8 Å². The largest absolute Gasteiger partial charge is 0.497 e. The van der Waals surface area contributed by atoms with Crippen LogP contribution in [0.3, 0.4) is 0 Å². The Morgan fingerprint density at radius 2 is 2.14 bits per heavy atom. The predicted molar refractivity (Wildman–Crippen MR) is 92.1 cm³/mol. The van der Waals surface area contributed by atoms with Crippen LogP contribution in [0.2, 0.25) is 4.34 Å². The summed E-state index contributed by atoms with van der Waals surface area (Å²) in [4.78, 5) is 13.3. The summed E-state index contributed by atoms with van der Waals surface area (Å²) in [7, 11) is 3.16. The molecule has 0 aliphatic rings. The van der Waals surface area contributed by atoms with Crippen LogP contribution in [0.1, 0.15) is 21.3 Å². The van der Waals surface area contributed by atoms with Crippen molar-refractivity contribution in [1.82, 2.24) is 5.32 Å². The highest BCUT2D eigenvalue weighted by Crippen LogP contribution is 2.28. The lowest BCUT2D eigenvalue weighted by Gasteiger charge is -2.15. The number of hydrogen-bond acceptors (Lipinski definition) is 4. The number of benzene rings is 1. The lowest BCUT2D eigenvalue weighted by Crippen LogP contribution is -2.29. The van der Waals surface area contributed by atoms with E-state index < -0.39 is 0 Å². The first-order valence-electron chi connectivity index (χ1n) is 6.45. The minimum atomic E-state index is -0.231. The number of amides is 1. The molecule has 22 heavy (non-hydrogen) atoms. The molecular formula is C15H15BrClNO3S. The second-order valence-electron chi connectivity index (χ2n) is 4.42. The van der Waals surface area contributed by atoms with Gasteiger partial charge < -0.3 is 14.8 Å². The van der Waals surface area contributed by atoms with Gasteiger partial charge >= 0.3 is 0 Å². The summed E-state index contributed by atoms with van der Waals surface area (Å²) >= 11 is 10.7. The zero-order chi connectivity index (χ0) is 16.1. The molecule has 1 amide bonds. The average molecular weight is 405 g/mol. The van der Waals surface area contributed by atoms with Crippen molar-refractivity contribution in [3.8, 4) is 5.75 Å². The average Bonchev–Trinajstić information content (AvgIpc) is 2.94. The Labute approximate surface area is 146 Å². The lowest BCUT2D eigenvalue weighted by molar-refractivity contribution is 0.0837. The van der Waals surface area contributed by atoms with Crippen molar-refractivity contribution in [3.05, 3.63) is 49.6 Å². The maximum Gasteiger partial charge on any atom is 0.252 e. The topological polar surface area (TPSA) is 47.6 Å². The van der Waals surface area contributed by atoms with E-state index >= 15 is 0 Å². The van der Waals surface area contributed by atoms with E-state index in [2.05, 4.69) is 21.2 Å². The van der Waals surface area contributed by atoms with Gasteiger partial charge in [0.05, 0.1) is 17.0 Å². The van der Waals surface area contributed by atoms with E-state index in [4.69, 9.17) is 21.1 Å². The van der Waals surface area contributed by atoms with Crippen LogP contribution in [0, 0.1) is 0 Å². The molecule has 1 N–H and O–H groups in total. The first kappa shape index (κ1) is 17.3. The number of rotatable bonds is 6. The fourth-order valence-corrected chi connectivity index (χ4v) is 3.45. The molecule has 7 heteroatoms. The van der Waals surface area contributed by atoms with Crippen LogP contribution in [0.4, 0.5) is 0 Å². The third-order valence-electron chi connectivity index (χ3n) is 3.06. The van der Waals surface area contributed by atoms with Crippen LogP contribution < -0.4 is 10.1 Å². The molecule has 0 saturated heterocycles. The number of ether oxygens (including phenoxy) is 2. The van der Waals surface area contributed by atoms with Crippen molar-refractivity contribution < 1.29 is 14.3 Å². The second kappa shape index (κ2) is 7.97. The highest BCUT2D eigenvalue weighted by atomic mass is 79.9. The Bertz CT molecular complexity index is 662. The van der Waals surface area contributed by atoms with Crippen LogP contribution in [0.15, 0.2) is 34.8 Å². The number of carbonyl (C=O) groups is 1. The normalized spacial score (nSPS) is 12.0. The first-order chi connectivity index (χ1) is 10.5. The van der Waals surface area contributed by atoms with E-state index in [1.54, 1.807) is 32.4 Å². The van der Waals surface area contributed by atoms with Gasteiger partial charge in [-0.15, -0.1) is 11.3 Å². The summed E-state index contributed by atoms with van der Waals surface area (Å²) < 4.78 is 12.0. The Morgan fingerprint density at radius 3 is 2.73 bits per heavy atom. The van der Waals surface area contributed by atoms with Gasteiger partial charge in [0.1, 0.15) is 11.9 Å². The number of carbonyl (C=O) groups excluding carboxylic acids is 1. The van der Waals surface area contributed by atoms with Crippen LogP contribution in [0.25, 0.3) is 0 Å². The summed E-state index contributed by atoms with van der Waals surface area (Å²) in [5.74, 6) is 0.428. The van der Waals surface area contributed by atoms with Gasteiger partial charge in [0.25, 0.3) is 5.91 Å². The Kier molecular flexibility index (Phi) is 6.26. The van der Waals surface area contributed by atoms with Crippen LogP contribution in [0.5, 0.6) is 5.75 Å². The third-order valence-corrected chi connectivity index (χ3v) is 5.08. The van der Waals surface area contributed by atoms with Crippen molar-refractivity contribution in [3.63, 3.8) is 0 Å². The second-order valence-corrected chi connectivity index (χ2v) is 7.02. The predicted octanol–water partition coefficient (Wildman–Crippen LogP) is 4.29. The fraction of sp³-hybridized carbons (Fsp3) is 0.267. The van der Waals surface area contributed by atoms with Gasteiger partial charge in [-0.2, -0.15) is 0 Å².